The van der Waals surface area contributed by atoms with Gasteiger partial charge in [-0.3, -0.25) is 19.9 Å². The molecule has 15 heteroatoms. The number of aromatic amines is 2. The number of H-pyrrole nitrogens is 2. The number of hydrogen-bond donors (Lipinski definition) is 4. The molecule has 1 amide bonds. The highest BCUT2D eigenvalue weighted by atomic mass is 32.2. The van der Waals surface area contributed by atoms with Gasteiger partial charge >= 0.3 is 0 Å². The summed E-state index contributed by atoms with van der Waals surface area (Å²) >= 11 is 0. The first-order valence-corrected chi connectivity index (χ1v) is 15.2. The van der Waals surface area contributed by atoms with E-state index in [-0.39, 0.29) is 41.0 Å². The maximum Gasteiger partial charge on any atom is 0.226 e. The SMILES string of the molecule is CC(C)C(=O)Nc1cncc(-c2ncc3[nH]nc(-c4nc5c(-c6cc(F)cc(CNS(C)(=O)=O)c6)ccnc5[nH]4)c3c2F)c1. The number of aromatic nitrogens is 7. The van der Waals surface area contributed by atoms with Gasteiger partial charge in [0.15, 0.2) is 17.3 Å². The molecular weight excluding hydrogens is 592 g/mol. The van der Waals surface area contributed by atoms with Gasteiger partial charge in [-0.25, -0.2) is 31.9 Å². The van der Waals surface area contributed by atoms with Gasteiger partial charge in [-0.1, -0.05) is 13.8 Å². The van der Waals surface area contributed by atoms with Crippen molar-refractivity contribution in [1.82, 2.24) is 39.8 Å². The van der Waals surface area contributed by atoms with E-state index >= 15 is 4.39 Å². The predicted molar refractivity (Wildman–Crippen MR) is 161 cm³/mol. The Bertz CT molecular complexity index is 2180. The normalized spacial score (nSPS) is 12.0. The van der Waals surface area contributed by atoms with Crippen LogP contribution < -0.4 is 10.0 Å². The molecule has 44 heavy (non-hydrogen) atoms. The molecule has 6 rings (SSSR count). The zero-order valence-corrected chi connectivity index (χ0v) is 24.4. The zero-order chi connectivity index (χ0) is 31.2. The third kappa shape index (κ3) is 5.74. The van der Waals surface area contributed by atoms with Gasteiger partial charge in [-0.05, 0) is 41.5 Å². The van der Waals surface area contributed by atoms with Gasteiger partial charge < -0.3 is 10.3 Å². The van der Waals surface area contributed by atoms with Gasteiger partial charge in [-0.2, -0.15) is 5.10 Å². The van der Waals surface area contributed by atoms with Crippen molar-refractivity contribution < 1.29 is 22.0 Å². The molecule has 0 aliphatic carbocycles. The lowest BCUT2D eigenvalue weighted by molar-refractivity contribution is -0.118. The lowest BCUT2D eigenvalue weighted by Crippen LogP contribution is -2.21. The number of amides is 1. The average molecular weight is 618 g/mol. The summed E-state index contributed by atoms with van der Waals surface area (Å²) in [5, 5.41) is 9.93. The number of carbonyl (C=O) groups excluding carboxylic acids is 1. The van der Waals surface area contributed by atoms with E-state index in [4.69, 9.17) is 0 Å². The highest BCUT2D eigenvalue weighted by Crippen LogP contribution is 2.34. The van der Waals surface area contributed by atoms with Gasteiger partial charge in [0.05, 0.1) is 35.2 Å². The van der Waals surface area contributed by atoms with Gasteiger partial charge in [-0.15, -0.1) is 0 Å². The van der Waals surface area contributed by atoms with Crippen molar-refractivity contribution in [3.8, 4) is 33.9 Å². The van der Waals surface area contributed by atoms with E-state index in [9.17, 15) is 17.6 Å². The van der Waals surface area contributed by atoms with Crippen LogP contribution in [0.25, 0.3) is 56.0 Å². The Balaban J connectivity index is 1.41. The Morgan fingerprint density at radius 1 is 1.02 bits per heavy atom. The standard InChI is InChI=1S/C29H25F2N9O3S/c1-14(2)29(41)36-19-9-17(11-32-12-19)24-23(31)22-21(13-34-24)39-40-26(22)28-37-25-20(4-5-33-27(25)38-28)16-6-15(7-18(30)8-16)10-35-44(3,42)43/h4-9,11-14,35H,10H2,1-3H3,(H,36,41)(H,39,40)(H,33,37,38). The van der Waals surface area contributed by atoms with Gasteiger partial charge in [0.2, 0.25) is 15.9 Å². The fourth-order valence-corrected chi connectivity index (χ4v) is 5.08. The van der Waals surface area contributed by atoms with Gasteiger partial charge in [0.25, 0.3) is 0 Å². The summed E-state index contributed by atoms with van der Waals surface area (Å²) in [6, 6.07) is 7.43. The first kappa shape index (κ1) is 28.9. The monoisotopic (exact) mass is 617 g/mol. The number of fused-ring (bicyclic) bond motifs is 2. The van der Waals surface area contributed by atoms with Crippen LogP contribution in [-0.2, 0) is 21.4 Å². The molecule has 5 aromatic heterocycles. The van der Waals surface area contributed by atoms with Crippen LogP contribution in [-0.4, -0.2) is 55.7 Å². The van der Waals surface area contributed by atoms with Gasteiger partial charge in [0.1, 0.15) is 22.7 Å². The molecule has 0 saturated carbocycles. The summed E-state index contributed by atoms with van der Waals surface area (Å²) in [6.07, 6.45) is 6.88. The zero-order valence-electron chi connectivity index (χ0n) is 23.6. The number of benzene rings is 1. The van der Waals surface area contributed by atoms with Crippen LogP contribution in [0, 0.1) is 17.6 Å². The van der Waals surface area contributed by atoms with Crippen LogP contribution in [0.1, 0.15) is 19.4 Å². The summed E-state index contributed by atoms with van der Waals surface area (Å²) in [4.78, 5) is 32.6. The second-order valence-corrected chi connectivity index (χ2v) is 12.3. The van der Waals surface area contributed by atoms with Crippen molar-refractivity contribution in [2.45, 2.75) is 20.4 Å². The van der Waals surface area contributed by atoms with E-state index in [0.717, 1.165) is 6.26 Å². The smallest absolute Gasteiger partial charge is 0.226 e. The first-order valence-electron chi connectivity index (χ1n) is 13.4. The molecule has 0 bridgehead atoms. The summed E-state index contributed by atoms with van der Waals surface area (Å²) in [5.41, 5.74) is 3.33. The first-order chi connectivity index (χ1) is 21.0. The Morgan fingerprint density at radius 3 is 2.61 bits per heavy atom. The Kier molecular flexibility index (Phi) is 7.34. The van der Waals surface area contributed by atoms with Crippen LogP contribution in [0.15, 0.2) is 55.1 Å². The van der Waals surface area contributed by atoms with E-state index in [0.29, 0.717) is 44.6 Å². The molecule has 12 nitrogen and oxygen atoms in total. The largest absolute Gasteiger partial charge is 0.324 e. The average Bonchev–Trinajstić information content (AvgIpc) is 3.60. The topological polar surface area (TPSA) is 171 Å². The molecule has 1 aromatic carbocycles. The number of hydrogen-bond acceptors (Lipinski definition) is 8. The molecule has 0 spiro atoms. The molecule has 4 N–H and O–H groups in total. The van der Waals surface area contributed by atoms with Crippen LogP contribution in [0.3, 0.4) is 0 Å². The summed E-state index contributed by atoms with van der Waals surface area (Å²) in [5.74, 6) is -1.49. The second-order valence-electron chi connectivity index (χ2n) is 10.5. The molecule has 5 heterocycles. The maximum absolute atomic E-state index is 16.1. The minimum Gasteiger partial charge on any atom is -0.324 e. The van der Waals surface area contributed by atoms with Crippen molar-refractivity contribution in [3.05, 3.63) is 72.3 Å². The fraction of sp³-hybridized carbons (Fsp3) is 0.172. The van der Waals surface area contributed by atoms with E-state index < -0.39 is 21.7 Å². The maximum atomic E-state index is 16.1. The molecule has 0 fully saturated rings. The summed E-state index contributed by atoms with van der Waals surface area (Å²) < 4.78 is 56.1. The van der Waals surface area contributed by atoms with Crippen molar-refractivity contribution in [1.29, 1.82) is 0 Å². The number of imidazole rings is 1. The molecule has 0 aliphatic heterocycles. The fourth-order valence-electron chi connectivity index (χ4n) is 4.65. The highest BCUT2D eigenvalue weighted by Gasteiger charge is 2.22. The Labute approximate surface area is 249 Å². The molecule has 0 unspecified atom stereocenters. The van der Waals surface area contributed by atoms with E-state index in [2.05, 4.69) is 45.2 Å². The molecule has 0 atom stereocenters. The number of halogens is 2. The van der Waals surface area contributed by atoms with Crippen LogP contribution in [0.5, 0.6) is 0 Å². The number of carbonyl (C=O) groups is 1. The van der Waals surface area contributed by atoms with Crippen molar-refractivity contribution in [3.63, 3.8) is 0 Å². The minimum atomic E-state index is -3.49. The quantitative estimate of drug-likeness (QED) is 0.193. The summed E-state index contributed by atoms with van der Waals surface area (Å²) in [6.45, 7) is 3.42. The molecule has 224 valence electrons. The number of anilines is 1. The Hall–Kier alpha value is -5.15. The van der Waals surface area contributed by atoms with E-state index in [1.165, 1.54) is 36.9 Å². The van der Waals surface area contributed by atoms with Crippen molar-refractivity contribution in [2.24, 2.45) is 5.92 Å². The molecular formula is C29H25F2N9O3S. The highest BCUT2D eigenvalue weighted by molar-refractivity contribution is 7.88. The third-order valence-corrected chi connectivity index (χ3v) is 7.43. The molecule has 0 radical (unpaired) electrons. The number of sulfonamides is 1. The van der Waals surface area contributed by atoms with Crippen molar-refractivity contribution in [2.75, 3.05) is 11.6 Å². The molecule has 0 saturated heterocycles. The number of rotatable bonds is 8. The molecule has 0 aliphatic rings. The minimum absolute atomic E-state index is 0.00165. The lowest BCUT2D eigenvalue weighted by atomic mass is 10.0. The van der Waals surface area contributed by atoms with Crippen molar-refractivity contribution >= 4 is 43.7 Å². The van der Waals surface area contributed by atoms with Crippen LogP contribution >= 0.6 is 0 Å². The summed E-state index contributed by atoms with van der Waals surface area (Å²) in [7, 11) is -3.49. The van der Waals surface area contributed by atoms with Gasteiger partial charge in [0, 0.05) is 36.0 Å². The predicted octanol–water partition coefficient (Wildman–Crippen LogP) is 4.55. The molecule has 6 aromatic rings. The van der Waals surface area contributed by atoms with Crippen LogP contribution in [0.4, 0.5) is 14.5 Å². The lowest BCUT2D eigenvalue weighted by Gasteiger charge is -2.09. The third-order valence-electron chi connectivity index (χ3n) is 6.76. The number of nitrogens with one attached hydrogen (secondary N) is 4. The number of pyridine rings is 3. The van der Waals surface area contributed by atoms with Crippen LogP contribution in [0.2, 0.25) is 0 Å². The Morgan fingerprint density at radius 2 is 1.84 bits per heavy atom. The van der Waals surface area contributed by atoms with E-state index in [1.807, 2.05) is 0 Å². The van der Waals surface area contributed by atoms with E-state index in [1.54, 1.807) is 32.0 Å². The number of nitrogens with zero attached hydrogens (tertiary/aromatic N) is 5. The second kappa shape index (κ2) is 11.2.